The second-order valence-electron chi connectivity index (χ2n) is 7.75. The molecule has 0 saturated heterocycles. The topological polar surface area (TPSA) is 88.5 Å². The number of fused-ring (bicyclic) bond motifs is 1. The van der Waals surface area contributed by atoms with Gasteiger partial charge in [-0.25, -0.2) is 0 Å². The number of rotatable bonds is 6. The first kappa shape index (κ1) is 20.7. The van der Waals surface area contributed by atoms with Gasteiger partial charge in [0.1, 0.15) is 16.9 Å². The fourth-order valence-corrected chi connectivity index (χ4v) is 5.82. The molecule has 30 heavy (non-hydrogen) atoms. The first-order chi connectivity index (χ1) is 14.5. The molecule has 1 N–H and O–H groups in total. The number of carbonyl (C=O) groups is 1. The van der Waals surface area contributed by atoms with Crippen molar-refractivity contribution in [1.29, 1.82) is 5.26 Å². The number of hydrogen-bond acceptors (Lipinski definition) is 6. The third-order valence-corrected chi connectivity index (χ3v) is 7.71. The Morgan fingerprint density at radius 2 is 2.27 bits per heavy atom. The highest BCUT2D eigenvalue weighted by atomic mass is 32.2. The van der Waals surface area contributed by atoms with Crippen LogP contribution in [0.4, 0.5) is 5.00 Å². The fourth-order valence-electron chi connectivity index (χ4n) is 3.72. The maximum Gasteiger partial charge on any atom is 0.235 e. The van der Waals surface area contributed by atoms with Crippen LogP contribution in [0.3, 0.4) is 0 Å². The van der Waals surface area contributed by atoms with E-state index < -0.39 is 0 Å². The van der Waals surface area contributed by atoms with E-state index >= 15 is 0 Å². The minimum absolute atomic E-state index is 0.130. The average Bonchev–Trinajstić information content (AvgIpc) is 3.38. The minimum Gasteiger partial charge on any atom is -0.354 e. The van der Waals surface area contributed by atoms with Gasteiger partial charge in [-0.3, -0.25) is 4.79 Å². The van der Waals surface area contributed by atoms with Crippen molar-refractivity contribution in [3.8, 4) is 6.07 Å². The van der Waals surface area contributed by atoms with Crippen LogP contribution in [-0.4, -0.2) is 31.0 Å². The van der Waals surface area contributed by atoms with Gasteiger partial charge in [-0.1, -0.05) is 18.7 Å². The molecule has 0 fully saturated rings. The molecule has 0 spiro atoms. The lowest BCUT2D eigenvalue weighted by Crippen LogP contribution is -2.14. The molecule has 0 radical (unpaired) electrons. The summed E-state index contributed by atoms with van der Waals surface area (Å²) >= 11 is 2.90. The van der Waals surface area contributed by atoms with Crippen LogP contribution in [0.1, 0.15) is 40.9 Å². The Kier molecular flexibility index (Phi) is 5.97. The zero-order valence-corrected chi connectivity index (χ0v) is 18.9. The largest absolute Gasteiger partial charge is 0.354 e. The summed E-state index contributed by atoms with van der Waals surface area (Å²) in [6, 6.07) is 6.36. The summed E-state index contributed by atoms with van der Waals surface area (Å²) in [7, 11) is 3.92. The molecule has 1 aliphatic rings. The van der Waals surface area contributed by atoms with Gasteiger partial charge in [-0.15, -0.1) is 21.5 Å². The highest BCUT2D eigenvalue weighted by Gasteiger charge is 2.24. The molecule has 1 atom stereocenters. The highest BCUT2D eigenvalue weighted by molar-refractivity contribution is 7.99. The van der Waals surface area contributed by atoms with Gasteiger partial charge in [-0.05, 0) is 42.9 Å². The Morgan fingerprint density at radius 1 is 1.43 bits per heavy atom. The van der Waals surface area contributed by atoms with Crippen LogP contribution in [-0.2, 0) is 38.2 Å². The van der Waals surface area contributed by atoms with E-state index in [-0.39, 0.29) is 11.7 Å². The van der Waals surface area contributed by atoms with Crippen molar-refractivity contribution in [3.63, 3.8) is 0 Å². The third-order valence-electron chi connectivity index (χ3n) is 5.52. The molecular formula is C21H24N6OS2. The molecule has 9 heteroatoms. The first-order valence-electron chi connectivity index (χ1n) is 9.92. The van der Waals surface area contributed by atoms with Gasteiger partial charge >= 0.3 is 0 Å². The second-order valence-corrected chi connectivity index (χ2v) is 9.80. The van der Waals surface area contributed by atoms with Gasteiger partial charge in [-0.2, -0.15) is 5.26 Å². The summed E-state index contributed by atoms with van der Waals surface area (Å²) in [6.45, 7) is 2.23. The molecule has 0 bridgehead atoms. The Balaban J connectivity index is 1.39. The Labute approximate surface area is 184 Å². The van der Waals surface area contributed by atoms with E-state index in [9.17, 15) is 10.1 Å². The van der Waals surface area contributed by atoms with Crippen LogP contribution in [0.2, 0.25) is 0 Å². The molecule has 7 nitrogen and oxygen atoms in total. The smallest absolute Gasteiger partial charge is 0.235 e. The quantitative estimate of drug-likeness (QED) is 0.593. The van der Waals surface area contributed by atoms with E-state index in [1.165, 1.54) is 16.6 Å². The number of nitrogens with zero attached hydrogens (tertiary/aromatic N) is 5. The predicted octanol–water partition coefficient (Wildman–Crippen LogP) is 3.53. The maximum atomic E-state index is 12.6. The SMILES string of the molecule is CC1CCc2c(sc(NC(=O)CSc3nnc(Cc4cccn4C)n3C)c2C#N)C1. The lowest BCUT2D eigenvalue weighted by Gasteiger charge is -2.17. The van der Waals surface area contributed by atoms with Crippen molar-refractivity contribution in [3.05, 3.63) is 45.9 Å². The van der Waals surface area contributed by atoms with Crippen LogP contribution in [0, 0.1) is 17.2 Å². The lowest BCUT2D eigenvalue weighted by atomic mass is 9.89. The summed E-state index contributed by atoms with van der Waals surface area (Å²) in [5.41, 5.74) is 2.92. The maximum absolute atomic E-state index is 12.6. The Hall–Kier alpha value is -2.57. The van der Waals surface area contributed by atoms with E-state index in [1.54, 1.807) is 11.3 Å². The molecule has 4 rings (SSSR count). The number of nitrogens with one attached hydrogen (secondary N) is 1. The molecule has 156 valence electrons. The van der Waals surface area contributed by atoms with Gasteiger partial charge in [0.2, 0.25) is 5.91 Å². The van der Waals surface area contributed by atoms with Crippen LogP contribution < -0.4 is 5.32 Å². The van der Waals surface area contributed by atoms with Crippen molar-refractivity contribution in [2.75, 3.05) is 11.1 Å². The molecule has 0 aromatic carbocycles. The lowest BCUT2D eigenvalue weighted by molar-refractivity contribution is -0.113. The van der Waals surface area contributed by atoms with Gasteiger partial charge in [0.05, 0.1) is 11.3 Å². The highest BCUT2D eigenvalue weighted by Crippen LogP contribution is 2.39. The van der Waals surface area contributed by atoms with Crippen molar-refractivity contribution >= 4 is 34.0 Å². The number of amides is 1. The van der Waals surface area contributed by atoms with Crippen molar-refractivity contribution in [2.45, 2.75) is 37.8 Å². The Bertz CT molecular complexity index is 1120. The standard InChI is InChI=1S/C21H24N6OS2/c1-13-6-7-15-16(11-22)20(30-17(15)9-13)23-19(28)12-29-21-25-24-18(27(21)3)10-14-5-4-8-26(14)2/h4-5,8,13H,6-7,9-10,12H2,1-3H3,(H,23,28). The van der Waals surface area contributed by atoms with Crippen molar-refractivity contribution in [2.24, 2.45) is 20.0 Å². The molecule has 3 heterocycles. The minimum atomic E-state index is -0.130. The third kappa shape index (κ3) is 4.16. The molecule has 0 aliphatic heterocycles. The van der Waals surface area contributed by atoms with Gasteiger partial charge in [0.25, 0.3) is 0 Å². The second kappa shape index (κ2) is 8.66. The van der Waals surface area contributed by atoms with Crippen LogP contribution >= 0.6 is 23.1 Å². The van der Waals surface area contributed by atoms with Crippen LogP contribution in [0.15, 0.2) is 23.5 Å². The average molecular weight is 441 g/mol. The number of hydrogen-bond donors (Lipinski definition) is 1. The van der Waals surface area contributed by atoms with Gasteiger partial charge in [0.15, 0.2) is 5.16 Å². The van der Waals surface area contributed by atoms with Crippen molar-refractivity contribution < 1.29 is 4.79 Å². The van der Waals surface area contributed by atoms with E-state index in [1.807, 2.05) is 30.9 Å². The van der Waals surface area contributed by atoms with E-state index in [4.69, 9.17) is 0 Å². The van der Waals surface area contributed by atoms with Gasteiger partial charge < -0.3 is 14.5 Å². The summed E-state index contributed by atoms with van der Waals surface area (Å²) in [5.74, 6) is 1.57. The number of aryl methyl sites for hydroxylation is 1. The molecule has 3 aromatic rings. The predicted molar refractivity (Wildman–Crippen MR) is 119 cm³/mol. The molecule has 1 aliphatic carbocycles. The molecule has 1 amide bonds. The zero-order valence-electron chi connectivity index (χ0n) is 17.3. The summed E-state index contributed by atoms with van der Waals surface area (Å²) in [4.78, 5) is 13.8. The monoisotopic (exact) mass is 440 g/mol. The summed E-state index contributed by atoms with van der Waals surface area (Å²) in [6.07, 6.45) is 5.69. The van der Waals surface area contributed by atoms with Crippen molar-refractivity contribution in [1.82, 2.24) is 19.3 Å². The number of carbonyl (C=O) groups excluding carboxylic acids is 1. The first-order valence-corrected chi connectivity index (χ1v) is 11.7. The Morgan fingerprint density at radius 3 is 3.00 bits per heavy atom. The summed E-state index contributed by atoms with van der Waals surface area (Å²) < 4.78 is 3.99. The molecule has 0 saturated carbocycles. The van der Waals surface area contributed by atoms with Crippen LogP contribution in [0.5, 0.6) is 0 Å². The number of nitriles is 1. The summed E-state index contributed by atoms with van der Waals surface area (Å²) in [5, 5.41) is 22.4. The van der Waals surface area contributed by atoms with E-state index in [0.29, 0.717) is 28.1 Å². The van der Waals surface area contributed by atoms with E-state index in [0.717, 1.165) is 36.3 Å². The van der Waals surface area contributed by atoms with E-state index in [2.05, 4.69) is 39.1 Å². The number of aromatic nitrogens is 4. The van der Waals surface area contributed by atoms with Crippen LogP contribution in [0.25, 0.3) is 0 Å². The normalized spacial score (nSPS) is 15.6. The molecule has 3 aromatic heterocycles. The van der Waals surface area contributed by atoms with Gasteiger partial charge in [0, 0.05) is 37.3 Å². The zero-order chi connectivity index (χ0) is 21.3. The molecular weight excluding hydrogens is 416 g/mol. The fraction of sp³-hybridized carbons (Fsp3) is 0.429. The number of thioether (sulfide) groups is 1. The number of thiophene rings is 1. The molecule has 1 unspecified atom stereocenters. The number of anilines is 1.